The van der Waals surface area contributed by atoms with Crippen LogP contribution in [-0.4, -0.2) is 19.0 Å². The predicted molar refractivity (Wildman–Crippen MR) is 70.0 cm³/mol. The molecule has 4 heteroatoms. The summed E-state index contributed by atoms with van der Waals surface area (Å²) in [6, 6.07) is 5.66. The Morgan fingerprint density at radius 3 is 2.71 bits per heavy atom. The van der Waals surface area contributed by atoms with Gasteiger partial charge in [0.1, 0.15) is 0 Å². The summed E-state index contributed by atoms with van der Waals surface area (Å²) in [4.78, 5) is 11.7. The Morgan fingerprint density at radius 1 is 1.35 bits per heavy atom. The molecule has 0 saturated heterocycles. The smallest absolute Gasteiger partial charge is 0.253 e. The van der Waals surface area contributed by atoms with Gasteiger partial charge in [0.25, 0.3) is 5.91 Å². The molecule has 1 aromatic carbocycles. The van der Waals surface area contributed by atoms with Crippen LogP contribution in [-0.2, 0) is 0 Å². The van der Waals surface area contributed by atoms with Gasteiger partial charge in [-0.05, 0) is 31.0 Å². The first-order valence-corrected chi connectivity index (χ1v) is 5.74. The van der Waals surface area contributed by atoms with E-state index in [9.17, 15) is 4.79 Å². The molecule has 0 spiro atoms. The lowest BCUT2D eigenvalue weighted by Crippen LogP contribution is -2.22. The maximum atomic E-state index is 11.7. The number of anilines is 2. The van der Waals surface area contributed by atoms with Crippen LogP contribution >= 0.6 is 0 Å². The fraction of sp³-hybridized carbons (Fsp3) is 0.308. The van der Waals surface area contributed by atoms with Crippen LogP contribution in [0.15, 0.2) is 30.4 Å². The maximum absolute atomic E-state index is 11.7. The number of carbonyl (C=O) groups is 1. The molecular weight excluding hydrogens is 214 g/mol. The van der Waals surface area contributed by atoms with Crippen molar-refractivity contribution in [3.63, 3.8) is 0 Å². The van der Waals surface area contributed by atoms with Crippen LogP contribution in [0.25, 0.3) is 0 Å². The predicted octanol–water partition coefficient (Wildman–Crippen LogP) is 1.76. The zero-order valence-corrected chi connectivity index (χ0v) is 9.86. The Kier molecular flexibility index (Phi) is 3.32. The fourth-order valence-corrected chi connectivity index (χ4v) is 1.97. The van der Waals surface area contributed by atoms with Gasteiger partial charge in [0, 0.05) is 24.5 Å². The van der Waals surface area contributed by atoms with E-state index in [4.69, 9.17) is 5.73 Å². The Morgan fingerprint density at radius 2 is 2.06 bits per heavy atom. The number of hydrogen-bond donors (Lipinski definition) is 3. The van der Waals surface area contributed by atoms with Gasteiger partial charge in [-0.25, -0.2) is 0 Å². The number of nitrogens with two attached hydrogens (primary N) is 1. The quantitative estimate of drug-likeness (QED) is 0.548. The summed E-state index contributed by atoms with van der Waals surface area (Å²) in [7, 11) is 1.62. The van der Waals surface area contributed by atoms with E-state index in [1.165, 1.54) is 0 Å². The molecule has 0 radical (unpaired) electrons. The number of benzene rings is 1. The number of nitrogens with one attached hydrogen (secondary N) is 2. The molecule has 0 fully saturated rings. The van der Waals surface area contributed by atoms with Gasteiger partial charge < -0.3 is 16.4 Å². The summed E-state index contributed by atoms with van der Waals surface area (Å²) in [5, 5.41) is 5.99. The Bertz CT molecular complexity index is 446. The third-order valence-corrected chi connectivity index (χ3v) is 2.88. The van der Waals surface area contributed by atoms with E-state index in [0.717, 1.165) is 18.5 Å². The largest absolute Gasteiger partial charge is 0.399 e. The van der Waals surface area contributed by atoms with Crippen molar-refractivity contribution in [2.45, 2.75) is 18.9 Å². The highest BCUT2D eigenvalue weighted by Gasteiger charge is 2.15. The van der Waals surface area contributed by atoms with E-state index < -0.39 is 0 Å². The number of hydrogen-bond acceptors (Lipinski definition) is 3. The minimum Gasteiger partial charge on any atom is -0.399 e. The van der Waals surface area contributed by atoms with Gasteiger partial charge in [0.05, 0.1) is 5.56 Å². The van der Waals surface area contributed by atoms with Crippen molar-refractivity contribution in [1.29, 1.82) is 0 Å². The fourth-order valence-electron chi connectivity index (χ4n) is 1.97. The third kappa shape index (κ3) is 2.58. The zero-order chi connectivity index (χ0) is 12.3. The summed E-state index contributed by atoms with van der Waals surface area (Å²) in [5.74, 6) is -0.0987. The van der Waals surface area contributed by atoms with Gasteiger partial charge >= 0.3 is 0 Å². The van der Waals surface area contributed by atoms with Crippen molar-refractivity contribution in [3.05, 3.63) is 35.9 Å². The van der Waals surface area contributed by atoms with E-state index in [1.54, 1.807) is 19.2 Å². The molecule has 2 rings (SSSR count). The molecule has 4 nitrogen and oxygen atoms in total. The van der Waals surface area contributed by atoms with Crippen molar-refractivity contribution >= 4 is 17.3 Å². The van der Waals surface area contributed by atoms with E-state index in [-0.39, 0.29) is 5.91 Å². The number of carbonyl (C=O) groups excluding carboxylic acids is 1. The Hall–Kier alpha value is -1.97. The average molecular weight is 231 g/mol. The molecule has 17 heavy (non-hydrogen) atoms. The summed E-state index contributed by atoms with van der Waals surface area (Å²) in [6.07, 6.45) is 6.26. The molecule has 90 valence electrons. The van der Waals surface area contributed by atoms with Crippen molar-refractivity contribution < 1.29 is 4.79 Å². The van der Waals surface area contributed by atoms with Gasteiger partial charge in [0.2, 0.25) is 0 Å². The van der Waals surface area contributed by atoms with Crippen LogP contribution in [0.2, 0.25) is 0 Å². The lowest BCUT2D eigenvalue weighted by molar-refractivity contribution is 0.0964. The minimum absolute atomic E-state index is 0.0987. The van der Waals surface area contributed by atoms with E-state index in [1.807, 2.05) is 6.07 Å². The second kappa shape index (κ2) is 4.91. The molecule has 1 aromatic rings. The van der Waals surface area contributed by atoms with Crippen molar-refractivity contribution in [2.24, 2.45) is 0 Å². The summed E-state index contributed by atoms with van der Waals surface area (Å²) >= 11 is 0. The molecular formula is C13H17N3O. The van der Waals surface area contributed by atoms with Gasteiger partial charge in [-0.2, -0.15) is 0 Å². The molecule has 1 amide bonds. The monoisotopic (exact) mass is 231 g/mol. The molecule has 0 atom stereocenters. The van der Waals surface area contributed by atoms with Gasteiger partial charge in [-0.3, -0.25) is 4.79 Å². The molecule has 0 aliphatic heterocycles. The van der Waals surface area contributed by atoms with Gasteiger partial charge in [-0.1, -0.05) is 12.2 Å². The highest BCUT2D eigenvalue weighted by atomic mass is 16.1. The average Bonchev–Trinajstić information content (AvgIpc) is 2.81. The highest BCUT2D eigenvalue weighted by molar-refractivity contribution is 6.00. The summed E-state index contributed by atoms with van der Waals surface area (Å²) in [6.45, 7) is 0. The third-order valence-electron chi connectivity index (χ3n) is 2.88. The first-order chi connectivity index (χ1) is 8.20. The molecule has 0 saturated carbocycles. The molecule has 4 N–H and O–H groups in total. The van der Waals surface area contributed by atoms with Crippen LogP contribution in [0.3, 0.4) is 0 Å². The summed E-state index contributed by atoms with van der Waals surface area (Å²) in [5.41, 5.74) is 7.85. The minimum atomic E-state index is -0.0987. The van der Waals surface area contributed by atoms with Crippen molar-refractivity contribution in [2.75, 3.05) is 18.1 Å². The van der Waals surface area contributed by atoms with Crippen LogP contribution < -0.4 is 16.4 Å². The Labute approximate surface area is 101 Å². The first-order valence-electron chi connectivity index (χ1n) is 5.74. The lowest BCUT2D eigenvalue weighted by Gasteiger charge is -2.17. The SMILES string of the molecule is CNC(=O)c1ccc(N)cc1NC1CC=CC1. The molecule has 0 aromatic heterocycles. The second-order valence-corrected chi connectivity index (χ2v) is 4.17. The number of rotatable bonds is 3. The van der Waals surface area contributed by atoms with Crippen LogP contribution in [0.5, 0.6) is 0 Å². The molecule has 1 aliphatic rings. The first kappa shape index (κ1) is 11.5. The normalized spacial score (nSPS) is 14.9. The molecule has 0 heterocycles. The van der Waals surface area contributed by atoms with E-state index >= 15 is 0 Å². The van der Waals surface area contributed by atoms with Crippen LogP contribution in [0, 0.1) is 0 Å². The Balaban J connectivity index is 2.23. The lowest BCUT2D eigenvalue weighted by atomic mass is 10.1. The van der Waals surface area contributed by atoms with Crippen LogP contribution in [0.1, 0.15) is 23.2 Å². The van der Waals surface area contributed by atoms with Crippen molar-refractivity contribution in [3.8, 4) is 0 Å². The molecule has 0 unspecified atom stereocenters. The standard InChI is InChI=1S/C13H17N3O/c1-15-13(17)11-7-6-9(14)8-12(11)16-10-4-2-3-5-10/h2-3,6-8,10,16H,4-5,14H2,1H3,(H,15,17). The van der Waals surface area contributed by atoms with Crippen LogP contribution in [0.4, 0.5) is 11.4 Å². The van der Waals surface area contributed by atoms with Gasteiger partial charge in [0.15, 0.2) is 0 Å². The summed E-state index contributed by atoms with van der Waals surface area (Å²) < 4.78 is 0. The number of nitrogen functional groups attached to an aromatic ring is 1. The van der Waals surface area contributed by atoms with E-state index in [0.29, 0.717) is 17.3 Å². The zero-order valence-electron chi connectivity index (χ0n) is 9.86. The molecule has 1 aliphatic carbocycles. The topological polar surface area (TPSA) is 67.2 Å². The van der Waals surface area contributed by atoms with Crippen molar-refractivity contribution in [1.82, 2.24) is 5.32 Å². The second-order valence-electron chi connectivity index (χ2n) is 4.17. The van der Waals surface area contributed by atoms with Gasteiger partial charge in [-0.15, -0.1) is 0 Å². The highest BCUT2D eigenvalue weighted by Crippen LogP contribution is 2.23. The maximum Gasteiger partial charge on any atom is 0.253 e. The molecule has 0 bridgehead atoms. The van der Waals surface area contributed by atoms with E-state index in [2.05, 4.69) is 22.8 Å². The number of amides is 1.